The summed E-state index contributed by atoms with van der Waals surface area (Å²) in [7, 11) is -3.88. The predicted octanol–water partition coefficient (Wildman–Crippen LogP) is 13.6. The number of benzene rings is 8. The lowest BCUT2D eigenvalue weighted by Gasteiger charge is -2.33. The Morgan fingerprint density at radius 3 is 0.948 bits per heavy atom. The normalized spacial score (nSPS) is 13.0. The van der Waals surface area contributed by atoms with E-state index < -0.39 is 7.44 Å². The number of nitrogens with zero attached hydrogens (tertiary/aromatic N) is 4. The number of rotatable bonds is 8. The van der Waals surface area contributed by atoms with Gasteiger partial charge in [0.05, 0.1) is 28.1 Å². The minimum atomic E-state index is -3.88. The highest BCUT2D eigenvalue weighted by Crippen LogP contribution is 2.70. The van der Waals surface area contributed by atoms with E-state index in [9.17, 15) is 0 Å². The van der Waals surface area contributed by atoms with E-state index in [0.29, 0.717) is 11.1 Å². The van der Waals surface area contributed by atoms with E-state index in [2.05, 4.69) is 146 Å². The lowest BCUT2D eigenvalue weighted by atomic mass is 9.97. The van der Waals surface area contributed by atoms with Gasteiger partial charge in [-0.15, -0.1) is 0 Å². The molecule has 0 bridgehead atoms. The van der Waals surface area contributed by atoms with Crippen LogP contribution in [-0.2, 0) is 4.57 Å². The number of aromatic nitrogens is 2. The molecule has 0 N–H and O–H groups in total. The lowest BCUT2D eigenvalue weighted by Crippen LogP contribution is -2.27. The summed E-state index contributed by atoms with van der Waals surface area (Å²) >= 11 is 0. The second-order valence-electron chi connectivity index (χ2n) is 14.3. The maximum absolute atomic E-state index is 17.1. The SMILES string of the molecule is O=P1(c2cnc(-c3ccccc3)nc2)N(c2cc(-c3ccccc3)cc(-c3ccccc3)c2)c2ccccc2N1c1cc(-c2ccccc2)cc(-c2ccccc2)c1. The fourth-order valence-corrected chi connectivity index (χ4v) is 10.7. The predicted molar refractivity (Wildman–Crippen MR) is 240 cm³/mol. The van der Waals surface area contributed by atoms with E-state index in [0.717, 1.165) is 72.8 Å². The van der Waals surface area contributed by atoms with Gasteiger partial charge in [-0.3, -0.25) is 13.9 Å². The highest BCUT2D eigenvalue weighted by atomic mass is 31.2. The Labute approximate surface area is 338 Å². The monoisotopic (exact) mass is 764 g/mol. The molecule has 6 heteroatoms. The molecule has 0 radical (unpaired) electrons. The van der Waals surface area contributed by atoms with Crippen molar-refractivity contribution in [3.05, 3.63) is 225 Å². The second-order valence-corrected chi connectivity index (χ2v) is 16.7. The van der Waals surface area contributed by atoms with E-state index >= 15 is 4.57 Å². The Morgan fingerprint density at radius 1 is 0.328 bits per heavy atom. The van der Waals surface area contributed by atoms with Crippen molar-refractivity contribution in [3.8, 4) is 55.9 Å². The molecule has 5 nitrogen and oxygen atoms in total. The molecule has 0 aliphatic carbocycles. The number of para-hydroxylation sites is 2. The average Bonchev–Trinajstić information content (AvgIpc) is 3.59. The molecule has 0 spiro atoms. The molecule has 1 aliphatic rings. The Hall–Kier alpha value is -7.33. The van der Waals surface area contributed by atoms with E-state index in [-0.39, 0.29) is 0 Å². The standard InChI is InChI=1S/C52H37N4OP/c57-58(49-36-53-52(54-37-49)42-26-14-5-15-27-42)55(47-32-43(38-18-6-1-7-19-38)30-44(33-47)39-20-8-2-9-21-39)50-28-16-17-29-51(50)56(58)48-34-45(40-22-10-3-11-23-40)31-46(35-48)41-24-12-4-13-25-41/h1-37H. The van der Waals surface area contributed by atoms with E-state index in [1.807, 2.05) is 76.1 Å². The van der Waals surface area contributed by atoms with Crippen molar-refractivity contribution >= 4 is 35.5 Å². The smallest absolute Gasteiger partial charge is 0.270 e. The topological polar surface area (TPSA) is 49.3 Å². The van der Waals surface area contributed by atoms with Crippen LogP contribution in [0.25, 0.3) is 55.9 Å². The molecule has 1 aliphatic heterocycles. The largest absolute Gasteiger partial charge is 0.304 e. The molecule has 8 aromatic carbocycles. The van der Waals surface area contributed by atoms with Gasteiger partial charge in [0.25, 0.3) is 0 Å². The highest BCUT2D eigenvalue weighted by Gasteiger charge is 2.50. The highest BCUT2D eigenvalue weighted by molar-refractivity contribution is 7.76. The Morgan fingerprint density at radius 2 is 0.621 bits per heavy atom. The average molecular weight is 765 g/mol. The number of hydrogen-bond acceptors (Lipinski definition) is 3. The maximum atomic E-state index is 17.1. The quantitative estimate of drug-likeness (QED) is 0.144. The number of fused-ring (bicyclic) bond motifs is 1. The van der Waals surface area contributed by atoms with Crippen LogP contribution >= 0.6 is 7.44 Å². The van der Waals surface area contributed by atoms with Crippen LogP contribution in [0.3, 0.4) is 0 Å². The first-order valence-electron chi connectivity index (χ1n) is 19.3. The van der Waals surface area contributed by atoms with Crippen molar-refractivity contribution in [2.75, 3.05) is 9.34 Å². The molecule has 1 aromatic heterocycles. The second kappa shape index (κ2) is 15.0. The Balaban J connectivity index is 1.25. The van der Waals surface area contributed by atoms with Gasteiger partial charge < -0.3 is 0 Å². The molecule has 0 saturated carbocycles. The minimum Gasteiger partial charge on any atom is -0.270 e. The van der Waals surface area contributed by atoms with Crippen molar-refractivity contribution in [1.29, 1.82) is 0 Å². The van der Waals surface area contributed by atoms with Gasteiger partial charge in [0, 0.05) is 18.0 Å². The summed E-state index contributed by atoms with van der Waals surface area (Å²) in [5, 5.41) is 0.515. The first kappa shape index (κ1) is 35.1. The van der Waals surface area contributed by atoms with E-state index in [1.54, 1.807) is 12.4 Å². The Bertz CT molecular complexity index is 2640. The van der Waals surface area contributed by atoms with Crippen LogP contribution in [0.2, 0.25) is 0 Å². The van der Waals surface area contributed by atoms with Crippen molar-refractivity contribution in [2.24, 2.45) is 0 Å². The van der Waals surface area contributed by atoms with Gasteiger partial charge in [-0.25, -0.2) is 9.97 Å². The van der Waals surface area contributed by atoms with E-state index in [1.165, 1.54) is 0 Å². The lowest BCUT2D eigenvalue weighted by molar-refractivity contribution is 0.582. The van der Waals surface area contributed by atoms with Crippen LogP contribution in [0.5, 0.6) is 0 Å². The minimum absolute atomic E-state index is 0.515. The van der Waals surface area contributed by atoms with Crippen molar-refractivity contribution in [3.63, 3.8) is 0 Å². The van der Waals surface area contributed by atoms with Crippen LogP contribution in [0.1, 0.15) is 0 Å². The van der Waals surface area contributed by atoms with Crippen LogP contribution in [0, 0.1) is 0 Å². The third-order valence-electron chi connectivity index (χ3n) is 10.6. The molecule has 276 valence electrons. The van der Waals surface area contributed by atoms with Gasteiger partial charge >= 0.3 is 7.44 Å². The van der Waals surface area contributed by atoms with Gasteiger partial charge in [0.1, 0.15) is 0 Å². The summed E-state index contributed by atoms with van der Waals surface area (Å²) in [4.78, 5) is 9.76. The molecule has 0 atom stereocenters. The zero-order chi connectivity index (χ0) is 38.9. The summed E-state index contributed by atoms with van der Waals surface area (Å²) < 4.78 is 21.2. The van der Waals surface area contributed by atoms with Crippen LogP contribution in [0.4, 0.5) is 22.7 Å². The molecule has 0 fully saturated rings. The zero-order valence-electron chi connectivity index (χ0n) is 31.5. The summed E-state index contributed by atoms with van der Waals surface area (Å²) in [6.07, 6.45) is 3.50. The number of hydrogen-bond donors (Lipinski definition) is 0. The number of anilines is 4. The zero-order valence-corrected chi connectivity index (χ0v) is 32.4. The van der Waals surface area contributed by atoms with Crippen LogP contribution in [0.15, 0.2) is 225 Å². The van der Waals surface area contributed by atoms with Gasteiger partial charge in [0.2, 0.25) is 0 Å². The third kappa shape index (κ3) is 6.38. The van der Waals surface area contributed by atoms with Crippen LogP contribution in [-0.4, -0.2) is 9.97 Å². The molecule has 0 unspecified atom stereocenters. The summed E-state index contributed by atoms with van der Waals surface area (Å²) in [5.74, 6) is 0.570. The van der Waals surface area contributed by atoms with Crippen molar-refractivity contribution < 1.29 is 4.57 Å². The summed E-state index contributed by atoms with van der Waals surface area (Å²) in [5.41, 5.74) is 12.5. The molecule has 0 saturated heterocycles. The van der Waals surface area contributed by atoms with Crippen molar-refractivity contribution in [1.82, 2.24) is 9.97 Å². The summed E-state index contributed by atoms with van der Waals surface area (Å²) in [6.45, 7) is 0. The maximum Gasteiger partial charge on any atom is 0.304 e. The molecule has 0 amide bonds. The van der Waals surface area contributed by atoms with Gasteiger partial charge in [0.15, 0.2) is 5.82 Å². The first-order valence-corrected chi connectivity index (χ1v) is 20.9. The summed E-state index contributed by atoms with van der Waals surface area (Å²) in [6, 6.07) is 72.6. The molecule has 58 heavy (non-hydrogen) atoms. The fraction of sp³-hybridized carbons (Fsp3) is 0. The molecule has 10 rings (SSSR count). The van der Waals surface area contributed by atoms with Gasteiger partial charge in [-0.1, -0.05) is 164 Å². The molecule has 9 aromatic rings. The molecular weight excluding hydrogens is 728 g/mol. The van der Waals surface area contributed by atoms with Crippen molar-refractivity contribution in [2.45, 2.75) is 0 Å². The van der Waals surface area contributed by atoms with Crippen LogP contribution < -0.4 is 14.6 Å². The Kier molecular flexibility index (Phi) is 9.06. The third-order valence-corrected chi connectivity index (χ3v) is 13.5. The molecule has 2 heterocycles. The molecular formula is C52H37N4OP. The first-order chi connectivity index (χ1) is 28.6. The van der Waals surface area contributed by atoms with E-state index in [4.69, 9.17) is 9.97 Å². The fourth-order valence-electron chi connectivity index (χ4n) is 7.89. The van der Waals surface area contributed by atoms with Gasteiger partial charge in [-0.05, 0) is 93.0 Å². The van der Waals surface area contributed by atoms with Gasteiger partial charge in [-0.2, -0.15) is 0 Å².